The normalized spacial score (nSPS) is 16.9. The van der Waals surface area contributed by atoms with E-state index in [4.69, 9.17) is 15.2 Å². The summed E-state index contributed by atoms with van der Waals surface area (Å²) in [6, 6.07) is 20.2. The van der Waals surface area contributed by atoms with Crippen LogP contribution in [0.5, 0.6) is 0 Å². The predicted octanol–water partition coefficient (Wildman–Crippen LogP) is 3.07. The number of nitrogens with zero attached hydrogens (tertiary/aromatic N) is 3. The molecule has 4 aromatic rings. The van der Waals surface area contributed by atoms with Gasteiger partial charge in [0.15, 0.2) is 11.2 Å². The van der Waals surface area contributed by atoms with Gasteiger partial charge in [-0.3, -0.25) is 9.78 Å². The number of aromatic nitrogens is 4. The maximum atomic E-state index is 12.2. The van der Waals surface area contributed by atoms with Crippen LogP contribution in [0.2, 0.25) is 0 Å². The Morgan fingerprint density at radius 1 is 1.00 bits per heavy atom. The van der Waals surface area contributed by atoms with Gasteiger partial charge in [-0.05, 0) is 17.5 Å². The Morgan fingerprint density at radius 3 is 2.19 bits per heavy atom. The van der Waals surface area contributed by atoms with E-state index in [-0.39, 0.29) is 28.5 Å². The van der Waals surface area contributed by atoms with Crippen LogP contribution in [-0.4, -0.2) is 32.7 Å². The summed E-state index contributed by atoms with van der Waals surface area (Å²) in [6.45, 7) is 2.12. The van der Waals surface area contributed by atoms with E-state index < -0.39 is 0 Å². The summed E-state index contributed by atoms with van der Waals surface area (Å²) < 4.78 is 14.2. The average Bonchev–Trinajstić information content (AvgIpc) is 3.33. The van der Waals surface area contributed by atoms with Crippen LogP contribution in [0.1, 0.15) is 23.6 Å². The molecule has 32 heavy (non-hydrogen) atoms. The fourth-order valence-electron chi connectivity index (χ4n) is 4.14. The van der Waals surface area contributed by atoms with Crippen LogP contribution in [-0.2, 0) is 22.7 Å². The van der Waals surface area contributed by atoms with Crippen molar-refractivity contribution in [2.75, 3.05) is 18.9 Å². The third-order valence-electron chi connectivity index (χ3n) is 5.94. The first-order valence-corrected chi connectivity index (χ1v) is 10.6. The number of rotatable bonds is 9. The molecule has 0 aliphatic heterocycles. The molecule has 0 bridgehead atoms. The summed E-state index contributed by atoms with van der Waals surface area (Å²) in [5.41, 5.74) is 8.24. The van der Waals surface area contributed by atoms with E-state index in [1.54, 1.807) is 6.33 Å². The van der Waals surface area contributed by atoms with Gasteiger partial charge in [0.05, 0.1) is 32.8 Å². The molecular formula is C24H25N5O3. The predicted molar refractivity (Wildman–Crippen MR) is 121 cm³/mol. The second-order valence-corrected chi connectivity index (χ2v) is 8.31. The Bertz CT molecular complexity index is 1210. The molecule has 2 aromatic carbocycles. The molecule has 0 saturated heterocycles. The summed E-state index contributed by atoms with van der Waals surface area (Å²) >= 11 is 0. The van der Waals surface area contributed by atoms with E-state index in [2.05, 4.69) is 15.0 Å². The maximum absolute atomic E-state index is 12.2. The van der Waals surface area contributed by atoms with Crippen LogP contribution < -0.4 is 11.3 Å². The summed E-state index contributed by atoms with van der Waals surface area (Å²) in [7, 11) is 0. The summed E-state index contributed by atoms with van der Waals surface area (Å²) in [6.07, 6.45) is 2.50. The molecule has 1 aliphatic carbocycles. The molecule has 1 saturated carbocycles. The minimum Gasteiger partial charge on any atom is -0.376 e. The molecule has 5 rings (SSSR count). The zero-order chi connectivity index (χ0) is 22.0. The standard InChI is InChI=1S/C24H25N5O3/c25-23-27-21-20(22(30)28-23)26-16-29(21)19-11-24(19,14-31-12-17-7-3-1-4-8-17)15-32-13-18-9-5-2-6-10-18/h1-10,16,19H,11-15H2,(H3,25,27,28,30). The minimum atomic E-state index is -0.335. The number of benzene rings is 2. The highest BCUT2D eigenvalue weighted by atomic mass is 16.5. The summed E-state index contributed by atoms with van der Waals surface area (Å²) in [5.74, 6) is 0.0798. The van der Waals surface area contributed by atoms with Crippen molar-refractivity contribution in [2.24, 2.45) is 5.41 Å². The molecule has 1 fully saturated rings. The monoisotopic (exact) mass is 431 g/mol. The lowest BCUT2D eigenvalue weighted by Gasteiger charge is -2.19. The average molecular weight is 431 g/mol. The number of nitrogens with one attached hydrogen (secondary N) is 1. The molecule has 3 N–H and O–H groups in total. The lowest BCUT2D eigenvalue weighted by atomic mass is 10.1. The molecule has 8 heteroatoms. The number of imidazole rings is 1. The van der Waals surface area contributed by atoms with Gasteiger partial charge in [-0.15, -0.1) is 0 Å². The Hall–Kier alpha value is -3.49. The number of anilines is 1. The van der Waals surface area contributed by atoms with Gasteiger partial charge in [0.25, 0.3) is 5.56 Å². The molecule has 2 aromatic heterocycles. The lowest BCUT2D eigenvalue weighted by Crippen LogP contribution is -2.22. The van der Waals surface area contributed by atoms with E-state index in [1.807, 2.05) is 65.2 Å². The number of nitrogens with two attached hydrogens (primary N) is 1. The molecule has 1 unspecified atom stereocenters. The molecule has 164 valence electrons. The van der Waals surface area contributed by atoms with E-state index in [0.717, 1.165) is 17.5 Å². The van der Waals surface area contributed by atoms with Crippen molar-refractivity contribution in [2.45, 2.75) is 25.7 Å². The number of ether oxygens (including phenoxy) is 2. The van der Waals surface area contributed by atoms with Crippen molar-refractivity contribution in [3.05, 3.63) is 88.5 Å². The topological polar surface area (TPSA) is 108 Å². The number of hydrogen-bond acceptors (Lipinski definition) is 6. The van der Waals surface area contributed by atoms with Gasteiger partial charge in [0, 0.05) is 11.5 Å². The molecule has 0 spiro atoms. The smallest absolute Gasteiger partial charge is 0.280 e. The van der Waals surface area contributed by atoms with E-state index >= 15 is 0 Å². The largest absolute Gasteiger partial charge is 0.376 e. The number of fused-ring (bicyclic) bond motifs is 1. The zero-order valence-corrected chi connectivity index (χ0v) is 17.6. The highest BCUT2D eigenvalue weighted by Gasteiger charge is 2.56. The van der Waals surface area contributed by atoms with Crippen LogP contribution in [0.15, 0.2) is 71.8 Å². The van der Waals surface area contributed by atoms with Gasteiger partial charge < -0.3 is 19.8 Å². The molecule has 1 atom stereocenters. The lowest BCUT2D eigenvalue weighted by molar-refractivity contribution is 0.00959. The van der Waals surface area contributed by atoms with Gasteiger partial charge in [-0.2, -0.15) is 4.98 Å². The highest BCUT2D eigenvalue weighted by molar-refractivity contribution is 5.71. The second-order valence-electron chi connectivity index (χ2n) is 8.31. The fraction of sp³-hybridized carbons (Fsp3) is 0.292. The van der Waals surface area contributed by atoms with Crippen LogP contribution in [0, 0.1) is 5.41 Å². The first-order chi connectivity index (χ1) is 15.6. The van der Waals surface area contributed by atoms with Crippen molar-refractivity contribution in [1.29, 1.82) is 0 Å². The van der Waals surface area contributed by atoms with Crippen molar-refractivity contribution in [3.63, 3.8) is 0 Å². The molecule has 1 aliphatic rings. The zero-order valence-electron chi connectivity index (χ0n) is 17.6. The van der Waals surface area contributed by atoms with Gasteiger partial charge >= 0.3 is 0 Å². The van der Waals surface area contributed by atoms with Crippen molar-refractivity contribution in [3.8, 4) is 0 Å². The summed E-state index contributed by atoms with van der Waals surface area (Å²) in [4.78, 5) is 23.3. The Morgan fingerprint density at radius 2 is 1.59 bits per heavy atom. The Balaban J connectivity index is 1.34. The first-order valence-electron chi connectivity index (χ1n) is 10.6. The van der Waals surface area contributed by atoms with Gasteiger partial charge in [0.2, 0.25) is 5.95 Å². The highest BCUT2D eigenvalue weighted by Crippen LogP contribution is 2.57. The van der Waals surface area contributed by atoms with Gasteiger partial charge in [-0.1, -0.05) is 60.7 Å². The third-order valence-corrected chi connectivity index (χ3v) is 5.94. The Labute approximate surface area is 185 Å². The van der Waals surface area contributed by atoms with Gasteiger partial charge in [-0.25, -0.2) is 4.98 Å². The van der Waals surface area contributed by atoms with Crippen LogP contribution in [0.4, 0.5) is 5.95 Å². The van der Waals surface area contributed by atoms with Crippen molar-refractivity contribution in [1.82, 2.24) is 19.5 Å². The molecule has 0 amide bonds. The summed E-state index contributed by atoms with van der Waals surface area (Å²) in [5, 5.41) is 0. The van der Waals surface area contributed by atoms with Crippen LogP contribution in [0.25, 0.3) is 11.2 Å². The Kier molecular flexibility index (Phi) is 5.46. The van der Waals surface area contributed by atoms with E-state index in [1.165, 1.54) is 0 Å². The second kappa shape index (κ2) is 8.57. The SMILES string of the molecule is Nc1nc2c(ncn2C2CC2(COCc2ccccc2)COCc2ccccc2)c(=O)[nH]1. The number of nitrogen functional groups attached to an aromatic ring is 1. The molecule has 2 heterocycles. The van der Waals surface area contributed by atoms with Crippen LogP contribution in [0.3, 0.4) is 0 Å². The fourth-order valence-corrected chi connectivity index (χ4v) is 4.14. The number of aromatic amines is 1. The van der Waals surface area contributed by atoms with E-state index in [9.17, 15) is 4.79 Å². The minimum absolute atomic E-state index is 0.0627. The van der Waals surface area contributed by atoms with Gasteiger partial charge in [0.1, 0.15) is 0 Å². The number of hydrogen-bond donors (Lipinski definition) is 2. The third kappa shape index (κ3) is 4.15. The quantitative estimate of drug-likeness (QED) is 0.422. The van der Waals surface area contributed by atoms with Crippen molar-refractivity contribution < 1.29 is 9.47 Å². The van der Waals surface area contributed by atoms with Crippen molar-refractivity contribution >= 4 is 17.1 Å². The molecule has 0 radical (unpaired) electrons. The first kappa shape index (κ1) is 20.4. The molecule has 8 nitrogen and oxygen atoms in total. The number of H-pyrrole nitrogens is 1. The maximum Gasteiger partial charge on any atom is 0.280 e. The molecular weight excluding hydrogens is 406 g/mol. The van der Waals surface area contributed by atoms with E-state index in [0.29, 0.717) is 32.1 Å². The van der Waals surface area contributed by atoms with Crippen LogP contribution >= 0.6 is 0 Å².